The van der Waals surface area contributed by atoms with Gasteiger partial charge in [-0.1, -0.05) is 6.42 Å². The Morgan fingerprint density at radius 3 is 2.67 bits per heavy atom. The van der Waals surface area contributed by atoms with E-state index in [1.165, 1.54) is 12.1 Å². The van der Waals surface area contributed by atoms with Gasteiger partial charge in [-0.3, -0.25) is 0 Å². The van der Waals surface area contributed by atoms with Gasteiger partial charge in [0.25, 0.3) is 0 Å². The zero-order chi connectivity index (χ0) is 9.97. The molecule has 1 aromatic rings. The second-order valence-electron chi connectivity index (χ2n) is 3.67. The average molecular weight is 234 g/mol. The summed E-state index contributed by atoms with van der Waals surface area (Å²) in [5.41, 5.74) is 0.463. The Labute approximate surface area is 94.3 Å². The molecule has 0 aliphatic carbocycles. The lowest BCUT2D eigenvalue weighted by atomic mass is 9.97. The molecule has 0 saturated carbocycles. The van der Waals surface area contributed by atoms with Crippen LogP contribution in [-0.4, -0.2) is 6.54 Å². The highest BCUT2D eigenvalue weighted by Crippen LogP contribution is 2.25. The molecule has 0 amide bonds. The first-order valence-corrected chi connectivity index (χ1v) is 4.96. The van der Waals surface area contributed by atoms with Crippen molar-refractivity contribution < 1.29 is 8.78 Å². The molecule has 1 heterocycles. The number of rotatable bonds is 1. The average Bonchev–Trinajstić information content (AvgIpc) is 2.23. The van der Waals surface area contributed by atoms with Crippen LogP contribution >= 0.6 is 12.4 Å². The molecule has 0 spiro atoms. The Morgan fingerprint density at radius 2 is 2.00 bits per heavy atom. The summed E-state index contributed by atoms with van der Waals surface area (Å²) in [4.78, 5) is 0. The van der Waals surface area contributed by atoms with Crippen LogP contribution in [0.2, 0.25) is 0 Å². The summed E-state index contributed by atoms with van der Waals surface area (Å²) in [6, 6.07) is 3.63. The SMILES string of the molecule is Cl.Fc1ccc(F)c([C@@H]2CCCCN2)c1. The van der Waals surface area contributed by atoms with Crippen LogP contribution < -0.4 is 5.32 Å². The van der Waals surface area contributed by atoms with Crippen molar-refractivity contribution in [3.8, 4) is 0 Å². The first-order chi connectivity index (χ1) is 6.77. The highest BCUT2D eigenvalue weighted by Gasteiger charge is 2.18. The normalized spacial score (nSPS) is 20.8. The van der Waals surface area contributed by atoms with Crippen molar-refractivity contribution in [2.75, 3.05) is 6.54 Å². The molecule has 0 radical (unpaired) electrons. The molecule has 1 atom stereocenters. The van der Waals surface area contributed by atoms with Crippen molar-refractivity contribution in [1.82, 2.24) is 5.32 Å². The second kappa shape index (κ2) is 5.42. The van der Waals surface area contributed by atoms with Gasteiger partial charge in [-0.25, -0.2) is 8.78 Å². The molecule has 1 aliphatic heterocycles. The fraction of sp³-hybridized carbons (Fsp3) is 0.455. The van der Waals surface area contributed by atoms with Gasteiger partial charge in [0.2, 0.25) is 0 Å². The van der Waals surface area contributed by atoms with E-state index in [4.69, 9.17) is 0 Å². The van der Waals surface area contributed by atoms with E-state index in [1.54, 1.807) is 0 Å². The molecule has 1 nitrogen and oxygen atoms in total. The quantitative estimate of drug-likeness (QED) is 0.786. The Bertz CT molecular complexity index is 324. The minimum absolute atomic E-state index is 0. The first kappa shape index (κ1) is 12.4. The van der Waals surface area contributed by atoms with Crippen LogP contribution in [0.1, 0.15) is 30.9 Å². The van der Waals surface area contributed by atoms with E-state index < -0.39 is 0 Å². The van der Waals surface area contributed by atoms with E-state index in [-0.39, 0.29) is 30.1 Å². The van der Waals surface area contributed by atoms with Crippen LogP contribution in [0.4, 0.5) is 8.78 Å². The van der Waals surface area contributed by atoms with Crippen LogP contribution in [0.3, 0.4) is 0 Å². The van der Waals surface area contributed by atoms with Crippen molar-refractivity contribution in [3.63, 3.8) is 0 Å². The Hall–Kier alpha value is -0.670. The summed E-state index contributed by atoms with van der Waals surface area (Å²) < 4.78 is 26.3. The lowest BCUT2D eigenvalue weighted by Crippen LogP contribution is -2.27. The smallest absolute Gasteiger partial charge is 0.128 e. The monoisotopic (exact) mass is 233 g/mol. The fourth-order valence-corrected chi connectivity index (χ4v) is 1.90. The van der Waals surface area contributed by atoms with Gasteiger partial charge in [-0.15, -0.1) is 12.4 Å². The predicted molar refractivity (Wildman–Crippen MR) is 58.2 cm³/mol. The molecule has 1 N–H and O–H groups in total. The lowest BCUT2D eigenvalue weighted by Gasteiger charge is -2.24. The van der Waals surface area contributed by atoms with Crippen molar-refractivity contribution in [2.24, 2.45) is 0 Å². The van der Waals surface area contributed by atoms with Crippen LogP contribution in [0, 0.1) is 11.6 Å². The number of halogens is 3. The van der Waals surface area contributed by atoms with Crippen LogP contribution in [0.5, 0.6) is 0 Å². The topological polar surface area (TPSA) is 12.0 Å². The van der Waals surface area contributed by atoms with E-state index in [9.17, 15) is 8.78 Å². The van der Waals surface area contributed by atoms with Gasteiger partial charge in [0, 0.05) is 11.6 Å². The molecular weight excluding hydrogens is 220 g/mol. The van der Waals surface area contributed by atoms with Crippen molar-refractivity contribution in [1.29, 1.82) is 0 Å². The van der Waals surface area contributed by atoms with Gasteiger partial charge >= 0.3 is 0 Å². The second-order valence-corrected chi connectivity index (χ2v) is 3.67. The number of hydrogen-bond acceptors (Lipinski definition) is 1. The predicted octanol–water partition coefficient (Wildman–Crippen LogP) is 3.20. The molecule has 1 fully saturated rings. The Morgan fingerprint density at radius 1 is 1.20 bits per heavy atom. The molecule has 0 bridgehead atoms. The minimum atomic E-state index is -0.367. The summed E-state index contributed by atoms with van der Waals surface area (Å²) in [6.07, 6.45) is 3.08. The van der Waals surface area contributed by atoms with E-state index >= 15 is 0 Å². The number of benzene rings is 1. The maximum atomic E-state index is 13.3. The minimum Gasteiger partial charge on any atom is -0.310 e. The van der Waals surface area contributed by atoms with E-state index in [2.05, 4.69) is 5.32 Å². The third kappa shape index (κ3) is 2.89. The molecule has 0 aromatic heterocycles. The van der Waals surface area contributed by atoms with Crippen LogP contribution in [0.25, 0.3) is 0 Å². The molecule has 84 valence electrons. The molecule has 1 aromatic carbocycles. The van der Waals surface area contributed by atoms with Gasteiger partial charge in [0.15, 0.2) is 0 Å². The molecule has 15 heavy (non-hydrogen) atoms. The molecule has 0 unspecified atom stereocenters. The maximum Gasteiger partial charge on any atom is 0.128 e. The van der Waals surface area contributed by atoms with Crippen molar-refractivity contribution in [2.45, 2.75) is 25.3 Å². The molecule has 1 aliphatic rings. The van der Waals surface area contributed by atoms with Crippen molar-refractivity contribution >= 4 is 12.4 Å². The van der Waals surface area contributed by atoms with Crippen molar-refractivity contribution in [3.05, 3.63) is 35.4 Å². The summed E-state index contributed by atoms with van der Waals surface area (Å²) >= 11 is 0. The zero-order valence-corrected chi connectivity index (χ0v) is 9.12. The highest BCUT2D eigenvalue weighted by atomic mass is 35.5. The van der Waals surface area contributed by atoms with Gasteiger partial charge in [0.05, 0.1) is 0 Å². The Balaban J connectivity index is 0.00000112. The standard InChI is InChI=1S/C11H13F2N.ClH/c12-8-4-5-10(13)9(7-8)11-3-1-2-6-14-11;/h4-5,7,11,14H,1-3,6H2;1H/t11-;/m0./s1. The van der Waals surface area contributed by atoms with E-state index in [0.717, 1.165) is 31.9 Å². The third-order valence-corrected chi connectivity index (χ3v) is 2.64. The van der Waals surface area contributed by atoms with Gasteiger partial charge in [-0.2, -0.15) is 0 Å². The Kier molecular flexibility index (Phi) is 4.48. The number of nitrogens with one attached hydrogen (secondary N) is 1. The van der Waals surface area contributed by atoms with Gasteiger partial charge < -0.3 is 5.32 Å². The molecular formula is C11H14ClF2N. The first-order valence-electron chi connectivity index (χ1n) is 4.96. The molecule has 4 heteroatoms. The van der Waals surface area contributed by atoms with Crippen LogP contribution in [-0.2, 0) is 0 Å². The fourth-order valence-electron chi connectivity index (χ4n) is 1.90. The highest BCUT2D eigenvalue weighted by molar-refractivity contribution is 5.85. The lowest BCUT2D eigenvalue weighted by molar-refractivity contribution is 0.398. The summed E-state index contributed by atoms with van der Waals surface area (Å²) in [6.45, 7) is 0.890. The zero-order valence-electron chi connectivity index (χ0n) is 8.30. The van der Waals surface area contributed by atoms with E-state index in [1.807, 2.05) is 0 Å². The number of hydrogen-bond donors (Lipinski definition) is 1. The van der Waals surface area contributed by atoms with E-state index in [0.29, 0.717) is 5.56 Å². The van der Waals surface area contributed by atoms with Crippen LogP contribution in [0.15, 0.2) is 18.2 Å². The number of piperidine rings is 1. The third-order valence-electron chi connectivity index (χ3n) is 2.64. The van der Waals surface area contributed by atoms with Gasteiger partial charge in [0.1, 0.15) is 11.6 Å². The largest absolute Gasteiger partial charge is 0.310 e. The molecule has 1 saturated heterocycles. The maximum absolute atomic E-state index is 13.3. The molecule has 2 rings (SSSR count). The summed E-state index contributed by atoms with van der Waals surface area (Å²) in [5, 5.41) is 3.20. The van der Waals surface area contributed by atoms with Gasteiger partial charge in [-0.05, 0) is 37.6 Å². The summed E-state index contributed by atoms with van der Waals surface area (Å²) in [5.74, 6) is -0.681. The summed E-state index contributed by atoms with van der Waals surface area (Å²) in [7, 11) is 0.